The average molecular weight is 604 g/mol. The molecule has 0 saturated carbocycles. The third-order valence-corrected chi connectivity index (χ3v) is 8.46. The molecule has 0 N–H and O–H groups in total. The standard InChI is InChI=1S/C33H39F2N7O2/c1-19(2)42-20(3)39-31-26(34)9-23(10-28(31)42)25-11-24(36-15-27(25)35)12-30-37-13-21(14-38-30)16-41-17-22-7-8-40(18-29(22)41)32(43)44-33(4,5)6/h9-11,13-15,19,22,29H,7-8,12,16-18H2,1-6H3/t22-,29-/m0/s1. The summed E-state index contributed by atoms with van der Waals surface area (Å²) in [5.74, 6) is 0.826. The van der Waals surface area contributed by atoms with Gasteiger partial charge in [-0.15, -0.1) is 0 Å². The van der Waals surface area contributed by atoms with Crippen molar-refractivity contribution in [3.63, 3.8) is 0 Å². The van der Waals surface area contributed by atoms with Crippen molar-refractivity contribution < 1.29 is 18.3 Å². The molecule has 4 aromatic rings. The Bertz CT molecular complexity index is 1700. The number of piperidine rings is 1. The molecule has 0 radical (unpaired) electrons. The molecule has 2 aliphatic rings. The Morgan fingerprint density at radius 3 is 2.50 bits per heavy atom. The van der Waals surface area contributed by atoms with Crippen molar-refractivity contribution in [2.75, 3.05) is 19.6 Å². The van der Waals surface area contributed by atoms with E-state index in [2.05, 4.69) is 24.8 Å². The molecule has 1 amide bonds. The second-order valence-electron chi connectivity index (χ2n) is 13.3. The molecule has 232 valence electrons. The Balaban J connectivity index is 1.13. The van der Waals surface area contributed by atoms with Crippen molar-refractivity contribution in [1.82, 2.24) is 34.3 Å². The zero-order chi connectivity index (χ0) is 31.3. The van der Waals surface area contributed by atoms with Crippen LogP contribution in [-0.4, -0.2) is 71.7 Å². The van der Waals surface area contributed by atoms with Crippen LogP contribution in [0.15, 0.2) is 36.8 Å². The Hall–Kier alpha value is -3.99. The topological polar surface area (TPSA) is 89.3 Å². The van der Waals surface area contributed by atoms with Gasteiger partial charge in [0.1, 0.15) is 28.6 Å². The first-order valence-electron chi connectivity index (χ1n) is 15.2. The maximum Gasteiger partial charge on any atom is 0.410 e. The lowest BCUT2D eigenvalue weighted by atomic mass is 9.82. The number of hydrogen-bond acceptors (Lipinski definition) is 7. The van der Waals surface area contributed by atoms with Crippen molar-refractivity contribution in [2.45, 2.75) is 78.6 Å². The fourth-order valence-electron chi connectivity index (χ4n) is 6.41. The van der Waals surface area contributed by atoms with Gasteiger partial charge >= 0.3 is 6.09 Å². The van der Waals surface area contributed by atoms with Crippen LogP contribution in [0.4, 0.5) is 13.6 Å². The van der Waals surface area contributed by atoms with E-state index in [0.717, 1.165) is 31.3 Å². The van der Waals surface area contributed by atoms with Crippen molar-refractivity contribution >= 4 is 17.1 Å². The summed E-state index contributed by atoms with van der Waals surface area (Å²) in [7, 11) is 0. The van der Waals surface area contributed by atoms with E-state index in [9.17, 15) is 9.18 Å². The zero-order valence-electron chi connectivity index (χ0n) is 26.1. The van der Waals surface area contributed by atoms with Crippen LogP contribution in [0.3, 0.4) is 0 Å². The molecular weight excluding hydrogens is 564 g/mol. The smallest absolute Gasteiger partial charge is 0.410 e. The molecule has 44 heavy (non-hydrogen) atoms. The summed E-state index contributed by atoms with van der Waals surface area (Å²) in [6, 6.07) is 5.11. The molecule has 1 aromatic carbocycles. The van der Waals surface area contributed by atoms with Crippen LogP contribution >= 0.6 is 0 Å². The van der Waals surface area contributed by atoms with E-state index in [4.69, 9.17) is 4.74 Å². The number of fused-ring (bicyclic) bond motifs is 2. The van der Waals surface area contributed by atoms with Crippen molar-refractivity contribution in [3.05, 3.63) is 71.3 Å². The fourth-order valence-corrected chi connectivity index (χ4v) is 6.41. The fraction of sp³-hybridized carbons (Fsp3) is 0.485. The number of hydrogen-bond donors (Lipinski definition) is 0. The molecule has 0 bridgehead atoms. The summed E-state index contributed by atoms with van der Waals surface area (Å²) in [5, 5.41) is 0. The molecule has 2 saturated heterocycles. The molecule has 5 heterocycles. The largest absolute Gasteiger partial charge is 0.444 e. The van der Waals surface area contributed by atoms with Crippen LogP contribution in [0.25, 0.3) is 22.2 Å². The van der Waals surface area contributed by atoms with E-state index in [0.29, 0.717) is 59.9 Å². The number of pyridine rings is 1. The van der Waals surface area contributed by atoms with Gasteiger partial charge in [-0.25, -0.2) is 28.5 Å². The van der Waals surface area contributed by atoms with E-state index in [1.165, 1.54) is 6.07 Å². The maximum absolute atomic E-state index is 15.1. The number of carbonyl (C=O) groups excluding carboxylic acids is 1. The minimum Gasteiger partial charge on any atom is -0.444 e. The molecule has 2 atom stereocenters. The van der Waals surface area contributed by atoms with Gasteiger partial charge in [0.2, 0.25) is 0 Å². The first-order chi connectivity index (χ1) is 20.9. The first kappa shape index (κ1) is 30.1. The number of halogens is 2. The number of ether oxygens (including phenoxy) is 1. The Labute approximate surface area is 256 Å². The highest BCUT2D eigenvalue weighted by Gasteiger charge is 2.44. The summed E-state index contributed by atoms with van der Waals surface area (Å²) >= 11 is 0. The summed E-state index contributed by atoms with van der Waals surface area (Å²) in [4.78, 5) is 34.5. The number of carbonyl (C=O) groups is 1. The highest BCUT2D eigenvalue weighted by molar-refractivity contribution is 5.83. The molecule has 2 fully saturated rings. The van der Waals surface area contributed by atoms with Gasteiger partial charge < -0.3 is 14.2 Å². The van der Waals surface area contributed by atoms with Gasteiger partial charge in [0.25, 0.3) is 0 Å². The van der Waals surface area contributed by atoms with E-state index in [1.807, 2.05) is 63.4 Å². The Morgan fingerprint density at radius 2 is 1.80 bits per heavy atom. The maximum atomic E-state index is 15.1. The van der Waals surface area contributed by atoms with Gasteiger partial charge in [-0.2, -0.15) is 0 Å². The lowest BCUT2D eigenvalue weighted by Gasteiger charge is -2.53. The predicted molar refractivity (Wildman–Crippen MR) is 163 cm³/mol. The van der Waals surface area contributed by atoms with E-state index < -0.39 is 17.2 Å². The second-order valence-corrected chi connectivity index (χ2v) is 13.3. The molecule has 3 aromatic heterocycles. The van der Waals surface area contributed by atoms with Crippen LogP contribution in [0.5, 0.6) is 0 Å². The van der Waals surface area contributed by atoms with Crippen LogP contribution < -0.4 is 0 Å². The van der Waals surface area contributed by atoms with E-state index in [-0.39, 0.29) is 23.2 Å². The molecule has 2 aliphatic heterocycles. The molecule has 9 nitrogen and oxygen atoms in total. The predicted octanol–water partition coefficient (Wildman–Crippen LogP) is 6.09. The molecule has 0 aliphatic carbocycles. The summed E-state index contributed by atoms with van der Waals surface area (Å²) < 4.78 is 37.6. The Morgan fingerprint density at radius 1 is 1.05 bits per heavy atom. The second kappa shape index (κ2) is 11.5. The van der Waals surface area contributed by atoms with Crippen LogP contribution in [0.2, 0.25) is 0 Å². The third-order valence-electron chi connectivity index (χ3n) is 8.46. The van der Waals surface area contributed by atoms with E-state index >= 15 is 4.39 Å². The van der Waals surface area contributed by atoms with Gasteiger partial charge in [-0.05, 0) is 77.6 Å². The van der Waals surface area contributed by atoms with Gasteiger partial charge in [0.15, 0.2) is 5.82 Å². The van der Waals surface area contributed by atoms with E-state index in [1.54, 1.807) is 12.1 Å². The number of imidazole rings is 1. The van der Waals surface area contributed by atoms with Gasteiger partial charge in [-0.3, -0.25) is 9.88 Å². The molecule has 11 heteroatoms. The van der Waals surface area contributed by atoms with Crippen LogP contribution in [-0.2, 0) is 17.7 Å². The van der Waals surface area contributed by atoms with Gasteiger partial charge in [0.05, 0.1) is 18.1 Å². The minimum absolute atomic E-state index is 0.0738. The van der Waals surface area contributed by atoms with Crippen molar-refractivity contribution in [1.29, 1.82) is 0 Å². The van der Waals surface area contributed by atoms with Crippen LogP contribution in [0, 0.1) is 24.5 Å². The monoisotopic (exact) mass is 603 g/mol. The summed E-state index contributed by atoms with van der Waals surface area (Å²) in [6.07, 6.45) is 5.82. The molecule has 6 rings (SSSR count). The number of likely N-dealkylation sites (tertiary alicyclic amines) is 2. The summed E-state index contributed by atoms with van der Waals surface area (Å²) in [6.45, 7) is 14.6. The SMILES string of the molecule is Cc1nc2c(F)cc(-c3cc(Cc4ncc(CN5C[C@@H]6CCN(C(=O)OC(C)(C)C)C[C@@H]65)cn4)ncc3F)cc2n1C(C)C. The third kappa shape index (κ3) is 6.02. The number of aromatic nitrogens is 5. The van der Waals surface area contributed by atoms with Crippen LogP contribution in [0.1, 0.15) is 70.0 Å². The Kier molecular flexibility index (Phi) is 7.85. The number of amides is 1. The lowest BCUT2D eigenvalue weighted by Crippen LogP contribution is -2.64. The number of benzene rings is 1. The number of nitrogens with zero attached hydrogens (tertiary/aromatic N) is 7. The first-order valence-corrected chi connectivity index (χ1v) is 15.2. The molecule has 0 spiro atoms. The van der Waals surface area contributed by atoms with Crippen molar-refractivity contribution in [2.24, 2.45) is 5.92 Å². The van der Waals surface area contributed by atoms with Gasteiger partial charge in [0, 0.05) is 67.5 Å². The number of aryl methyl sites for hydroxylation is 1. The normalized spacial score (nSPS) is 18.9. The molecular formula is C33H39F2N7O2. The zero-order valence-corrected chi connectivity index (χ0v) is 26.1. The van der Waals surface area contributed by atoms with Gasteiger partial charge in [-0.1, -0.05) is 0 Å². The van der Waals surface area contributed by atoms with Crippen molar-refractivity contribution in [3.8, 4) is 11.1 Å². The highest BCUT2D eigenvalue weighted by Crippen LogP contribution is 2.34. The summed E-state index contributed by atoms with van der Waals surface area (Å²) in [5.41, 5.74) is 2.65. The minimum atomic E-state index is -0.531. The molecule has 0 unspecified atom stereocenters. The number of rotatable bonds is 6. The average Bonchev–Trinajstić information content (AvgIpc) is 3.29. The quantitative estimate of drug-likeness (QED) is 0.264. The lowest BCUT2D eigenvalue weighted by molar-refractivity contribution is -0.0557. The highest BCUT2D eigenvalue weighted by atomic mass is 19.1.